The number of rotatable bonds is 4. The van der Waals surface area contributed by atoms with Gasteiger partial charge < -0.3 is 5.32 Å². The van der Waals surface area contributed by atoms with Gasteiger partial charge in [-0.25, -0.2) is 4.68 Å². The molecule has 3 heteroatoms. The lowest BCUT2D eigenvalue weighted by Gasteiger charge is -2.26. The highest BCUT2D eigenvalue weighted by atomic mass is 15.4. The van der Waals surface area contributed by atoms with E-state index in [0.29, 0.717) is 12.0 Å². The number of hydrogen-bond acceptors (Lipinski definition) is 2. The molecule has 1 N–H and O–H groups in total. The van der Waals surface area contributed by atoms with Gasteiger partial charge in [0.1, 0.15) is 5.82 Å². The zero-order chi connectivity index (χ0) is 14.8. The van der Waals surface area contributed by atoms with Crippen molar-refractivity contribution in [1.82, 2.24) is 9.78 Å². The van der Waals surface area contributed by atoms with Crippen molar-refractivity contribution >= 4 is 5.82 Å². The normalized spacial score (nSPS) is 17.6. The Morgan fingerprint density at radius 1 is 1.29 bits per heavy atom. The molecule has 2 heterocycles. The van der Waals surface area contributed by atoms with Crippen LogP contribution in [0, 0.1) is 6.92 Å². The SMILES string of the molecule is CCC(CC)c1cc2n(n1)C(c1cccc(C)c1)CCN2. The molecule has 1 aliphatic rings. The van der Waals surface area contributed by atoms with E-state index < -0.39 is 0 Å². The Balaban J connectivity index is 1.98. The Morgan fingerprint density at radius 2 is 2.10 bits per heavy atom. The van der Waals surface area contributed by atoms with Crippen molar-refractivity contribution in [3.8, 4) is 0 Å². The minimum absolute atomic E-state index is 0.365. The molecule has 0 saturated heterocycles. The monoisotopic (exact) mass is 283 g/mol. The lowest BCUT2D eigenvalue weighted by Crippen LogP contribution is -2.24. The fourth-order valence-corrected chi connectivity index (χ4v) is 3.33. The van der Waals surface area contributed by atoms with Crippen LogP contribution in [0.15, 0.2) is 30.3 Å². The maximum atomic E-state index is 4.93. The first-order chi connectivity index (χ1) is 10.2. The van der Waals surface area contributed by atoms with E-state index in [1.54, 1.807) is 0 Å². The quantitative estimate of drug-likeness (QED) is 0.895. The third kappa shape index (κ3) is 2.69. The van der Waals surface area contributed by atoms with E-state index >= 15 is 0 Å². The van der Waals surface area contributed by atoms with Gasteiger partial charge in [0.15, 0.2) is 0 Å². The van der Waals surface area contributed by atoms with E-state index in [1.807, 2.05) is 0 Å². The highest BCUT2D eigenvalue weighted by Crippen LogP contribution is 2.33. The van der Waals surface area contributed by atoms with Crippen LogP contribution in [0.2, 0.25) is 0 Å². The second-order valence-corrected chi connectivity index (χ2v) is 6.06. The van der Waals surface area contributed by atoms with Gasteiger partial charge >= 0.3 is 0 Å². The average molecular weight is 283 g/mol. The first-order valence-corrected chi connectivity index (χ1v) is 8.12. The molecule has 1 aliphatic heterocycles. The first-order valence-electron chi connectivity index (χ1n) is 8.12. The van der Waals surface area contributed by atoms with Crippen LogP contribution in [0.3, 0.4) is 0 Å². The van der Waals surface area contributed by atoms with Gasteiger partial charge in [-0.1, -0.05) is 43.7 Å². The van der Waals surface area contributed by atoms with Gasteiger partial charge in [0.05, 0.1) is 11.7 Å². The molecule has 21 heavy (non-hydrogen) atoms. The number of nitrogens with zero attached hydrogens (tertiary/aromatic N) is 2. The van der Waals surface area contributed by atoms with E-state index in [-0.39, 0.29) is 0 Å². The molecule has 0 spiro atoms. The molecule has 1 aromatic heterocycles. The summed E-state index contributed by atoms with van der Waals surface area (Å²) in [5, 5.41) is 8.44. The average Bonchev–Trinajstić information content (AvgIpc) is 2.92. The van der Waals surface area contributed by atoms with Gasteiger partial charge in [0.25, 0.3) is 0 Å². The van der Waals surface area contributed by atoms with Crippen LogP contribution in [0.25, 0.3) is 0 Å². The molecule has 0 saturated carbocycles. The number of nitrogens with one attached hydrogen (secondary N) is 1. The number of anilines is 1. The van der Waals surface area contributed by atoms with Crippen molar-refractivity contribution in [1.29, 1.82) is 0 Å². The van der Waals surface area contributed by atoms with Crippen molar-refractivity contribution in [2.24, 2.45) is 0 Å². The van der Waals surface area contributed by atoms with E-state index in [9.17, 15) is 0 Å². The Morgan fingerprint density at radius 3 is 2.81 bits per heavy atom. The lowest BCUT2D eigenvalue weighted by atomic mass is 9.99. The van der Waals surface area contributed by atoms with Crippen molar-refractivity contribution in [2.75, 3.05) is 11.9 Å². The fraction of sp³-hybridized carbons (Fsp3) is 0.500. The minimum Gasteiger partial charge on any atom is -0.370 e. The molecule has 112 valence electrons. The molecule has 0 bridgehead atoms. The summed E-state index contributed by atoms with van der Waals surface area (Å²) in [6.07, 6.45) is 3.41. The van der Waals surface area contributed by atoms with Crippen LogP contribution in [-0.4, -0.2) is 16.3 Å². The van der Waals surface area contributed by atoms with Crippen molar-refractivity contribution < 1.29 is 0 Å². The number of benzene rings is 1. The smallest absolute Gasteiger partial charge is 0.125 e. The zero-order valence-electron chi connectivity index (χ0n) is 13.3. The van der Waals surface area contributed by atoms with Crippen LogP contribution in [0.5, 0.6) is 0 Å². The van der Waals surface area contributed by atoms with Crippen molar-refractivity contribution in [2.45, 2.75) is 52.0 Å². The fourth-order valence-electron chi connectivity index (χ4n) is 3.33. The summed E-state index contributed by atoms with van der Waals surface area (Å²) in [6.45, 7) is 7.67. The standard InChI is InChI=1S/C18H25N3/c1-4-14(5-2)16-12-18-19-10-9-17(21(18)20-16)15-8-6-7-13(3)11-15/h6-8,11-12,14,17,19H,4-5,9-10H2,1-3H3. The van der Waals surface area contributed by atoms with Crippen LogP contribution in [0.4, 0.5) is 5.82 Å². The third-order valence-electron chi connectivity index (χ3n) is 4.60. The molecule has 1 atom stereocenters. The molecule has 0 radical (unpaired) electrons. The summed E-state index contributed by atoms with van der Waals surface area (Å²) in [6, 6.07) is 11.4. The maximum absolute atomic E-state index is 4.93. The molecule has 0 amide bonds. The number of aryl methyl sites for hydroxylation is 1. The second-order valence-electron chi connectivity index (χ2n) is 6.06. The molecule has 3 rings (SSSR count). The predicted octanol–water partition coefficient (Wildman–Crippen LogP) is 4.50. The molecular formula is C18H25N3. The Kier molecular flexibility index (Phi) is 4.00. The second kappa shape index (κ2) is 5.92. The van der Waals surface area contributed by atoms with Gasteiger partial charge in [0.2, 0.25) is 0 Å². The molecule has 1 unspecified atom stereocenters. The van der Waals surface area contributed by atoms with E-state index in [0.717, 1.165) is 25.8 Å². The van der Waals surface area contributed by atoms with Crippen LogP contribution in [-0.2, 0) is 0 Å². The topological polar surface area (TPSA) is 29.9 Å². The molecule has 1 aromatic carbocycles. The summed E-state index contributed by atoms with van der Waals surface area (Å²) in [5.74, 6) is 1.75. The van der Waals surface area contributed by atoms with Gasteiger partial charge in [-0.3, -0.25) is 0 Å². The van der Waals surface area contributed by atoms with E-state index in [2.05, 4.69) is 61.1 Å². The first kappa shape index (κ1) is 14.2. The summed E-state index contributed by atoms with van der Waals surface area (Å²) >= 11 is 0. The number of aromatic nitrogens is 2. The summed E-state index contributed by atoms with van der Waals surface area (Å²) < 4.78 is 2.20. The largest absolute Gasteiger partial charge is 0.370 e. The van der Waals surface area contributed by atoms with Crippen LogP contribution < -0.4 is 5.32 Å². The minimum atomic E-state index is 0.365. The Labute approximate surface area is 127 Å². The maximum Gasteiger partial charge on any atom is 0.125 e. The van der Waals surface area contributed by atoms with Crippen molar-refractivity contribution in [3.63, 3.8) is 0 Å². The van der Waals surface area contributed by atoms with Gasteiger partial charge in [-0.15, -0.1) is 0 Å². The van der Waals surface area contributed by atoms with E-state index in [1.165, 1.54) is 22.6 Å². The highest BCUT2D eigenvalue weighted by Gasteiger charge is 2.24. The highest BCUT2D eigenvalue weighted by molar-refractivity contribution is 5.42. The third-order valence-corrected chi connectivity index (χ3v) is 4.60. The molecule has 2 aromatic rings. The van der Waals surface area contributed by atoms with E-state index in [4.69, 9.17) is 5.10 Å². The summed E-state index contributed by atoms with van der Waals surface area (Å²) in [4.78, 5) is 0. The lowest BCUT2D eigenvalue weighted by molar-refractivity contribution is 0.470. The zero-order valence-corrected chi connectivity index (χ0v) is 13.3. The van der Waals surface area contributed by atoms with Crippen LogP contribution >= 0.6 is 0 Å². The molecule has 0 fully saturated rings. The molecule has 3 nitrogen and oxygen atoms in total. The summed E-state index contributed by atoms with van der Waals surface area (Å²) in [7, 11) is 0. The van der Waals surface area contributed by atoms with Crippen LogP contribution in [0.1, 0.15) is 61.9 Å². The molecule has 0 aliphatic carbocycles. The number of fused-ring (bicyclic) bond motifs is 1. The molecular weight excluding hydrogens is 258 g/mol. The van der Waals surface area contributed by atoms with Gasteiger partial charge in [0, 0.05) is 18.5 Å². The van der Waals surface area contributed by atoms with Gasteiger partial charge in [-0.05, 0) is 31.7 Å². The van der Waals surface area contributed by atoms with Gasteiger partial charge in [-0.2, -0.15) is 5.10 Å². The number of hydrogen-bond donors (Lipinski definition) is 1. The predicted molar refractivity (Wildman–Crippen MR) is 88.0 cm³/mol. The Bertz CT molecular complexity index is 611. The van der Waals surface area contributed by atoms with Crippen molar-refractivity contribution in [3.05, 3.63) is 47.2 Å². The summed E-state index contributed by atoms with van der Waals surface area (Å²) in [5.41, 5.74) is 3.93. The Hall–Kier alpha value is -1.77.